The van der Waals surface area contributed by atoms with Crippen molar-refractivity contribution < 1.29 is 9.53 Å². The molecule has 3 N–H and O–H groups in total. The van der Waals surface area contributed by atoms with Gasteiger partial charge >= 0.3 is 0 Å². The quantitative estimate of drug-likeness (QED) is 0.774. The molecule has 3 rings (SSSR count). The highest BCUT2D eigenvalue weighted by molar-refractivity contribution is 6.04. The molecule has 0 fully saturated rings. The molecule has 0 saturated heterocycles. The van der Waals surface area contributed by atoms with Crippen LogP contribution in [0.2, 0.25) is 0 Å². The summed E-state index contributed by atoms with van der Waals surface area (Å²) < 4.78 is 5.60. The number of carbonyl (C=O) groups is 1. The molecule has 1 aliphatic rings. The van der Waals surface area contributed by atoms with E-state index in [-0.39, 0.29) is 24.4 Å². The van der Waals surface area contributed by atoms with Gasteiger partial charge in [-0.05, 0) is 31.5 Å². The molecule has 0 atom stereocenters. The summed E-state index contributed by atoms with van der Waals surface area (Å²) in [6, 6.07) is 7.69. The van der Waals surface area contributed by atoms with Crippen LogP contribution in [-0.2, 0) is 24.3 Å². The zero-order valence-corrected chi connectivity index (χ0v) is 14.7. The van der Waals surface area contributed by atoms with Gasteiger partial charge in [-0.1, -0.05) is 12.1 Å². The average Bonchev–Trinajstić information content (AvgIpc) is 2.97. The minimum atomic E-state index is -0.187. The second-order valence-electron chi connectivity index (χ2n) is 5.97. The van der Waals surface area contributed by atoms with Crippen molar-refractivity contribution >= 4 is 24.0 Å². The molecule has 1 aromatic heterocycles. The third kappa shape index (κ3) is 4.35. The number of carbonyl (C=O) groups excluding carboxylic acids is 1. The Hall–Kier alpha value is -1.89. The van der Waals surface area contributed by atoms with Gasteiger partial charge in [0.15, 0.2) is 5.69 Å². The van der Waals surface area contributed by atoms with Crippen molar-refractivity contribution in [1.29, 1.82) is 0 Å². The number of nitrogens with zero attached hydrogens (tertiary/aromatic N) is 1. The fourth-order valence-corrected chi connectivity index (χ4v) is 2.61. The summed E-state index contributed by atoms with van der Waals surface area (Å²) in [7, 11) is 0. The summed E-state index contributed by atoms with van der Waals surface area (Å²) in [4.78, 5) is 12.5. The van der Waals surface area contributed by atoms with Crippen molar-refractivity contribution in [2.45, 2.75) is 39.5 Å². The first-order chi connectivity index (χ1) is 11.1. The number of nitrogens with one attached hydrogen (secondary N) is 3. The minimum absolute atomic E-state index is 0. The second-order valence-corrected chi connectivity index (χ2v) is 5.97. The van der Waals surface area contributed by atoms with Crippen LogP contribution in [0, 0.1) is 0 Å². The van der Waals surface area contributed by atoms with Crippen molar-refractivity contribution in [3.8, 4) is 0 Å². The molecule has 0 bridgehead atoms. The van der Waals surface area contributed by atoms with E-state index in [9.17, 15) is 4.79 Å². The van der Waals surface area contributed by atoms with Crippen LogP contribution in [0.5, 0.6) is 0 Å². The van der Waals surface area contributed by atoms with Crippen LogP contribution >= 0.6 is 12.4 Å². The number of rotatable bonds is 5. The number of aromatic amines is 1. The first-order valence-corrected chi connectivity index (χ1v) is 7.92. The van der Waals surface area contributed by atoms with Crippen LogP contribution in [0.3, 0.4) is 0 Å². The second kappa shape index (κ2) is 8.28. The molecule has 0 saturated carbocycles. The molecule has 0 spiro atoms. The van der Waals surface area contributed by atoms with Gasteiger partial charge in [0.25, 0.3) is 5.91 Å². The highest BCUT2D eigenvalue weighted by Gasteiger charge is 2.21. The zero-order chi connectivity index (χ0) is 16.2. The van der Waals surface area contributed by atoms with Gasteiger partial charge < -0.3 is 15.4 Å². The fourth-order valence-electron chi connectivity index (χ4n) is 2.61. The van der Waals surface area contributed by atoms with Gasteiger partial charge in [0.2, 0.25) is 0 Å². The third-order valence-corrected chi connectivity index (χ3v) is 3.79. The molecule has 7 heteroatoms. The molecule has 0 radical (unpaired) electrons. The van der Waals surface area contributed by atoms with E-state index in [0.29, 0.717) is 18.8 Å². The Morgan fingerprint density at radius 2 is 2.25 bits per heavy atom. The molecule has 130 valence electrons. The molecule has 1 amide bonds. The Bertz CT molecular complexity index is 700. The number of benzene rings is 1. The number of halogens is 1. The summed E-state index contributed by atoms with van der Waals surface area (Å²) in [6.07, 6.45) is 1.05. The SMILES string of the molecule is CC(C)OCc1cccc(NC(=O)c2n[nH]c3c2CNCC3)c1.Cl. The van der Waals surface area contributed by atoms with Crippen LogP contribution in [0.1, 0.15) is 41.2 Å². The van der Waals surface area contributed by atoms with Gasteiger partial charge in [0.05, 0.1) is 12.7 Å². The minimum Gasteiger partial charge on any atom is -0.374 e. The van der Waals surface area contributed by atoms with Gasteiger partial charge in [0, 0.05) is 36.5 Å². The molecule has 6 nitrogen and oxygen atoms in total. The molecular weight excluding hydrogens is 328 g/mol. The molecule has 1 aromatic carbocycles. The molecular formula is C17H23ClN4O2. The van der Waals surface area contributed by atoms with E-state index in [1.165, 1.54) is 0 Å². The maximum absolute atomic E-state index is 12.5. The van der Waals surface area contributed by atoms with E-state index in [0.717, 1.165) is 35.5 Å². The van der Waals surface area contributed by atoms with Crippen LogP contribution in [-0.4, -0.2) is 28.8 Å². The maximum Gasteiger partial charge on any atom is 0.276 e. The number of amides is 1. The maximum atomic E-state index is 12.5. The number of hydrogen-bond acceptors (Lipinski definition) is 4. The fraction of sp³-hybridized carbons (Fsp3) is 0.412. The van der Waals surface area contributed by atoms with Gasteiger partial charge in [-0.3, -0.25) is 9.89 Å². The van der Waals surface area contributed by atoms with Crippen LogP contribution in [0.25, 0.3) is 0 Å². The van der Waals surface area contributed by atoms with Gasteiger partial charge in [-0.2, -0.15) is 5.10 Å². The monoisotopic (exact) mass is 350 g/mol. The van der Waals surface area contributed by atoms with E-state index in [2.05, 4.69) is 20.8 Å². The smallest absolute Gasteiger partial charge is 0.276 e. The van der Waals surface area contributed by atoms with Crippen LogP contribution in [0.4, 0.5) is 5.69 Å². The number of aromatic nitrogens is 2. The Kier molecular flexibility index (Phi) is 6.36. The summed E-state index contributed by atoms with van der Waals surface area (Å²) in [5.74, 6) is -0.187. The lowest BCUT2D eigenvalue weighted by Gasteiger charge is -2.13. The normalized spacial score (nSPS) is 13.3. The third-order valence-electron chi connectivity index (χ3n) is 3.79. The van der Waals surface area contributed by atoms with Crippen molar-refractivity contribution in [3.05, 3.63) is 46.8 Å². The molecule has 2 heterocycles. The number of ether oxygens (including phenoxy) is 1. The van der Waals surface area contributed by atoms with Crippen molar-refractivity contribution in [1.82, 2.24) is 15.5 Å². The lowest BCUT2D eigenvalue weighted by molar-refractivity contribution is 0.0657. The number of fused-ring (bicyclic) bond motifs is 1. The molecule has 1 aliphatic heterocycles. The standard InChI is InChI=1S/C17H22N4O2.ClH/c1-11(2)23-10-12-4-3-5-13(8-12)19-17(22)16-14-9-18-7-6-15(14)20-21-16;/h3-5,8,11,18H,6-7,9-10H2,1-2H3,(H,19,22)(H,20,21);1H. The molecule has 24 heavy (non-hydrogen) atoms. The Morgan fingerprint density at radius 3 is 3.04 bits per heavy atom. The van der Waals surface area contributed by atoms with Gasteiger partial charge in [-0.15, -0.1) is 12.4 Å². The highest BCUT2D eigenvalue weighted by Crippen LogP contribution is 2.18. The summed E-state index contributed by atoms with van der Waals surface area (Å²) >= 11 is 0. The summed E-state index contributed by atoms with van der Waals surface area (Å²) in [5.41, 5.74) is 4.26. The predicted octanol–water partition coefficient (Wildman–Crippen LogP) is 2.65. The predicted molar refractivity (Wildman–Crippen MR) is 95.6 cm³/mol. The Labute approximate surface area is 147 Å². The number of H-pyrrole nitrogens is 1. The highest BCUT2D eigenvalue weighted by atomic mass is 35.5. The van der Waals surface area contributed by atoms with E-state index in [1.54, 1.807) is 0 Å². The van der Waals surface area contributed by atoms with Crippen molar-refractivity contribution in [2.75, 3.05) is 11.9 Å². The van der Waals surface area contributed by atoms with E-state index < -0.39 is 0 Å². The van der Waals surface area contributed by atoms with Crippen molar-refractivity contribution in [3.63, 3.8) is 0 Å². The van der Waals surface area contributed by atoms with Crippen molar-refractivity contribution in [2.24, 2.45) is 0 Å². The van der Waals surface area contributed by atoms with Crippen LogP contribution < -0.4 is 10.6 Å². The first-order valence-electron chi connectivity index (χ1n) is 7.92. The summed E-state index contributed by atoms with van der Waals surface area (Å²) in [6.45, 7) is 6.12. The first kappa shape index (κ1) is 18.4. The Morgan fingerprint density at radius 1 is 1.42 bits per heavy atom. The molecule has 2 aromatic rings. The lowest BCUT2D eigenvalue weighted by atomic mass is 10.1. The van der Waals surface area contributed by atoms with E-state index in [4.69, 9.17) is 4.74 Å². The number of hydrogen-bond donors (Lipinski definition) is 3. The molecule has 0 unspecified atom stereocenters. The summed E-state index contributed by atoms with van der Waals surface area (Å²) in [5, 5.41) is 13.3. The van der Waals surface area contributed by atoms with E-state index >= 15 is 0 Å². The van der Waals surface area contributed by atoms with Crippen LogP contribution in [0.15, 0.2) is 24.3 Å². The zero-order valence-electron chi connectivity index (χ0n) is 13.9. The molecule has 0 aliphatic carbocycles. The largest absolute Gasteiger partial charge is 0.374 e. The average molecular weight is 351 g/mol. The van der Waals surface area contributed by atoms with E-state index in [1.807, 2.05) is 38.1 Å². The number of anilines is 1. The topological polar surface area (TPSA) is 79.0 Å². The Balaban J connectivity index is 0.00000208. The lowest BCUT2D eigenvalue weighted by Crippen LogP contribution is -2.25. The van der Waals surface area contributed by atoms with Gasteiger partial charge in [0.1, 0.15) is 0 Å². The van der Waals surface area contributed by atoms with Gasteiger partial charge in [-0.25, -0.2) is 0 Å².